The molecule has 0 spiro atoms. The van der Waals surface area contributed by atoms with Crippen LogP contribution in [-0.4, -0.2) is 11.3 Å². The van der Waals surface area contributed by atoms with E-state index in [9.17, 15) is 0 Å². The molecule has 12 rings (SSSR count). The van der Waals surface area contributed by atoms with E-state index < -0.39 is 0 Å². The molecular formula is C54H40BN3S. The molecule has 0 unspecified atom stereocenters. The number of thiophene rings is 1. The van der Waals surface area contributed by atoms with Crippen LogP contribution in [0, 0.1) is 6.92 Å². The van der Waals surface area contributed by atoms with Crippen LogP contribution in [0.4, 0.5) is 34.1 Å². The summed E-state index contributed by atoms with van der Waals surface area (Å²) in [7, 11) is 0. The molecule has 59 heavy (non-hydrogen) atoms. The summed E-state index contributed by atoms with van der Waals surface area (Å²) >= 11 is 1.93. The summed E-state index contributed by atoms with van der Waals surface area (Å²) in [6.07, 6.45) is 0. The fourth-order valence-electron chi connectivity index (χ4n) is 10.3. The first-order chi connectivity index (χ1) is 29.0. The molecule has 0 N–H and O–H groups in total. The van der Waals surface area contributed by atoms with Crippen molar-refractivity contribution in [3.05, 3.63) is 205 Å². The lowest BCUT2D eigenvalue weighted by Crippen LogP contribution is -2.63. The Balaban J connectivity index is 1.08. The van der Waals surface area contributed by atoms with Crippen LogP contribution < -0.4 is 26.2 Å². The Morgan fingerprint density at radius 3 is 1.63 bits per heavy atom. The van der Waals surface area contributed by atoms with Crippen LogP contribution in [0.25, 0.3) is 36.9 Å². The van der Waals surface area contributed by atoms with Crippen molar-refractivity contribution >= 4 is 99.8 Å². The van der Waals surface area contributed by atoms with Crippen molar-refractivity contribution in [2.75, 3.05) is 9.80 Å². The number of aromatic nitrogens is 1. The number of fused-ring (bicyclic) bond motifs is 9. The lowest BCUT2D eigenvalue weighted by Gasteiger charge is -2.42. The molecule has 0 amide bonds. The van der Waals surface area contributed by atoms with Gasteiger partial charge in [0.2, 0.25) is 6.71 Å². The molecule has 0 saturated carbocycles. The molecular weight excluding hydrogens is 733 g/mol. The van der Waals surface area contributed by atoms with Crippen LogP contribution in [0.3, 0.4) is 0 Å². The first kappa shape index (κ1) is 34.2. The summed E-state index contributed by atoms with van der Waals surface area (Å²) in [6.45, 7) is 7.27. The van der Waals surface area contributed by atoms with E-state index in [0.717, 1.165) is 28.4 Å². The van der Waals surface area contributed by atoms with Gasteiger partial charge in [0.15, 0.2) is 0 Å². The van der Waals surface area contributed by atoms with Crippen molar-refractivity contribution in [3.8, 4) is 5.69 Å². The SMILES string of the molecule is Cc1cc2c3c(c1)C(C)(C)c1cc(N(c4ccccc4)c4ccccc4)ccc1B3c1cccc3c4sc5cc(N(c6ccccc6)c6ccccc6)ccc5c4n-2c13. The molecule has 3 nitrogen and oxygen atoms in total. The molecule has 10 aromatic rings. The predicted molar refractivity (Wildman–Crippen MR) is 253 cm³/mol. The second-order valence-corrected chi connectivity index (χ2v) is 17.7. The zero-order chi connectivity index (χ0) is 39.4. The van der Waals surface area contributed by atoms with Crippen molar-refractivity contribution in [2.45, 2.75) is 26.2 Å². The van der Waals surface area contributed by atoms with Gasteiger partial charge in [0.25, 0.3) is 0 Å². The Kier molecular flexibility index (Phi) is 7.45. The van der Waals surface area contributed by atoms with E-state index >= 15 is 0 Å². The van der Waals surface area contributed by atoms with Crippen LogP contribution in [0.1, 0.15) is 30.5 Å². The summed E-state index contributed by atoms with van der Waals surface area (Å²) in [5.74, 6) is 0. The zero-order valence-corrected chi connectivity index (χ0v) is 34.0. The minimum absolute atomic E-state index is 0.128. The predicted octanol–water partition coefficient (Wildman–Crippen LogP) is 12.7. The second-order valence-electron chi connectivity index (χ2n) is 16.6. The van der Waals surface area contributed by atoms with Gasteiger partial charge in [-0.2, -0.15) is 0 Å². The van der Waals surface area contributed by atoms with Gasteiger partial charge in [0, 0.05) is 60.7 Å². The summed E-state index contributed by atoms with van der Waals surface area (Å²) in [5.41, 5.74) is 19.0. The maximum atomic E-state index is 2.63. The van der Waals surface area contributed by atoms with Crippen LogP contribution in [0.5, 0.6) is 0 Å². The van der Waals surface area contributed by atoms with E-state index in [2.05, 4.69) is 223 Å². The molecule has 2 aliphatic rings. The van der Waals surface area contributed by atoms with Crippen LogP contribution in [0.15, 0.2) is 188 Å². The molecule has 4 heterocycles. The van der Waals surface area contributed by atoms with Gasteiger partial charge >= 0.3 is 0 Å². The Morgan fingerprint density at radius 1 is 0.475 bits per heavy atom. The third-order valence-electron chi connectivity index (χ3n) is 12.8. The molecule has 0 bridgehead atoms. The number of hydrogen-bond donors (Lipinski definition) is 0. The number of rotatable bonds is 6. The topological polar surface area (TPSA) is 11.4 Å². The van der Waals surface area contributed by atoms with E-state index in [1.165, 1.54) is 75.7 Å². The first-order valence-electron chi connectivity index (χ1n) is 20.6. The standard InChI is InChI=1S/C54H40BN3S/c1-35-31-45-50-48(32-35)58-51-43(53-52(58)42-29-27-41(34-49(42)59-53)57(38-21-12-6-13-22-38)39-23-14-7-15-24-39)25-16-26-47(51)55(50)46-30-28-40(33-44(46)54(45,2)3)56(36-17-8-4-9-18-36)37-19-10-5-11-20-37/h4-34H,1-3H3. The normalized spacial score (nSPS) is 13.4. The third kappa shape index (κ3) is 5.01. The van der Waals surface area contributed by atoms with Crippen LogP contribution in [0.2, 0.25) is 0 Å². The highest BCUT2D eigenvalue weighted by molar-refractivity contribution is 7.26. The largest absolute Gasteiger partial charge is 0.310 e. The molecule has 0 radical (unpaired) electrons. The summed E-state index contributed by atoms with van der Waals surface area (Å²) < 4.78 is 5.28. The number of nitrogens with zero attached hydrogens (tertiary/aromatic N) is 3. The number of para-hydroxylation sites is 5. The molecule has 0 fully saturated rings. The zero-order valence-electron chi connectivity index (χ0n) is 33.2. The lowest BCUT2D eigenvalue weighted by atomic mass is 9.30. The highest BCUT2D eigenvalue weighted by Gasteiger charge is 2.45. The van der Waals surface area contributed by atoms with Gasteiger partial charge in [0.1, 0.15) is 0 Å². The Hall–Kier alpha value is -6.82. The number of hydrogen-bond acceptors (Lipinski definition) is 3. The van der Waals surface area contributed by atoms with Crippen molar-refractivity contribution < 1.29 is 0 Å². The Labute approximate surface area is 349 Å². The first-order valence-corrected chi connectivity index (χ1v) is 21.4. The summed E-state index contributed by atoms with van der Waals surface area (Å²) in [4.78, 5) is 4.76. The molecule has 0 aliphatic carbocycles. The molecule has 0 atom stereocenters. The highest BCUT2D eigenvalue weighted by atomic mass is 32.1. The fraction of sp³-hybridized carbons (Fsp3) is 0.0741. The average molecular weight is 774 g/mol. The fourth-order valence-corrected chi connectivity index (χ4v) is 11.5. The number of aryl methyl sites for hydroxylation is 1. The van der Waals surface area contributed by atoms with E-state index in [4.69, 9.17) is 0 Å². The minimum atomic E-state index is -0.237. The van der Waals surface area contributed by atoms with Crippen molar-refractivity contribution in [1.29, 1.82) is 0 Å². The molecule has 280 valence electrons. The molecule has 0 saturated heterocycles. The van der Waals surface area contributed by atoms with Gasteiger partial charge in [0.05, 0.1) is 15.7 Å². The molecule has 8 aromatic carbocycles. The van der Waals surface area contributed by atoms with Crippen molar-refractivity contribution in [1.82, 2.24) is 4.57 Å². The summed E-state index contributed by atoms with van der Waals surface area (Å²) in [6, 6.07) is 69.2. The molecule has 2 aliphatic heterocycles. The maximum Gasteiger partial charge on any atom is 0.247 e. The van der Waals surface area contributed by atoms with E-state index in [-0.39, 0.29) is 12.1 Å². The second kappa shape index (κ2) is 12.8. The molecule has 2 aromatic heterocycles. The quantitative estimate of drug-likeness (QED) is 0.156. The van der Waals surface area contributed by atoms with Gasteiger partial charge in [-0.25, -0.2) is 0 Å². The smallest absolute Gasteiger partial charge is 0.247 e. The number of anilines is 6. The van der Waals surface area contributed by atoms with Crippen LogP contribution >= 0.6 is 11.3 Å². The van der Waals surface area contributed by atoms with E-state index in [1.807, 2.05) is 11.3 Å². The van der Waals surface area contributed by atoms with Crippen molar-refractivity contribution in [3.63, 3.8) is 0 Å². The minimum Gasteiger partial charge on any atom is -0.310 e. The maximum absolute atomic E-state index is 2.63. The summed E-state index contributed by atoms with van der Waals surface area (Å²) in [5, 5.41) is 2.63. The third-order valence-corrected chi connectivity index (χ3v) is 14.0. The average Bonchev–Trinajstić information content (AvgIpc) is 3.81. The Morgan fingerprint density at radius 2 is 1.03 bits per heavy atom. The van der Waals surface area contributed by atoms with Crippen molar-refractivity contribution in [2.24, 2.45) is 0 Å². The monoisotopic (exact) mass is 773 g/mol. The highest BCUT2D eigenvalue weighted by Crippen LogP contribution is 2.47. The van der Waals surface area contributed by atoms with Gasteiger partial charge in [-0.1, -0.05) is 122 Å². The van der Waals surface area contributed by atoms with E-state index in [1.54, 1.807) is 0 Å². The van der Waals surface area contributed by atoms with Gasteiger partial charge in [-0.05, 0) is 119 Å². The van der Waals surface area contributed by atoms with Gasteiger partial charge in [-0.15, -0.1) is 11.3 Å². The lowest BCUT2D eigenvalue weighted by molar-refractivity contribution is 0.645. The van der Waals surface area contributed by atoms with Crippen LogP contribution in [-0.2, 0) is 5.41 Å². The van der Waals surface area contributed by atoms with Gasteiger partial charge < -0.3 is 14.4 Å². The molecule has 5 heteroatoms. The van der Waals surface area contributed by atoms with E-state index in [0.29, 0.717) is 0 Å². The Bertz CT molecular complexity index is 3180. The van der Waals surface area contributed by atoms with Gasteiger partial charge in [-0.3, -0.25) is 0 Å². The number of benzene rings is 8.